The summed E-state index contributed by atoms with van der Waals surface area (Å²) in [4.78, 5) is 0. The van der Waals surface area contributed by atoms with E-state index in [2.05, 4.69) is 11.7 Å². The van der Waals surface area contributed by atoms with Gasteiger partial charge in [-0.05, 0) is 30.9 Å². The molecule has 0 spiro atoms. The zero-order valence-electron chi connectivity index (χ0n) is 17.9. The predicted octanol–water partition coefficient (Wildman–Crippen LogP) is 5.99. The summed E-state index contributed by atoms with van der Waals surface area (Å²) < 4.78 is 119. The lowest BCUT2D eigenvalue weighted by Crippen LogP contribution is -2.39. The van der Waals surface area contributed by atoms with E-state index in [1.54, 1.807) is 0 Å². The van der Waals surface area contributed by atoms with Gasteiger partial charge in [0.1, 0.15) is 22.9 Å². The summed E-state index contributed by atoms with van der Waals surface area (Å²) in [6.45, 7) is 3.08. The molecule has 2 unspecified atom stereocenters. The van der Waals surface area contributed by atoms with Gasteiger partial charge < -0.3 is 18.9 Å². The fourth-order valence-electron chi connectivity index (χ4n) is 4.00. The fourth-order valence-corrected chi connectivity index (χ4v) is 4.00. The van der Waals surface area contributed by atoms with E-state index >= 15 is 0 Å². The number of halogens is 7. The van der Waals surface area contributed by atoms with Crippen molar-refractivity contribution in [2.45, 2.75) is 38.3 Å². The van der Waals surface area contributed by atoms with Crippen LogP contribution < -0.4 is 4.74 Å². The van der Waals surface area contributed by atoms with Crippen LogP contribution >= 0.6 is 0 Å². The second-order valence-electron chi connectivity index (χ2n) is 8.49. The van der Waals surface area contributed by atoms with Crippen molar-refractivity contribution in [3.05, 3.63) is 64.5 Å². The molecule has 2 aliphatic heterocycles. The van der Waals surface area contributed by atoms with E-state index in [9.17, 15) is 30.7 Å². The zero-order valence-corrected chi connectivity index (χ0v) is 17.9. The first-order valence-corrected chi connectivity index (χ1v) is 10.6. The van der Waals surface area contributed by atoms with Crippen LogP contribution in [0, 0.1) is 40.9 Å². The van der Waals surface area contributed by atoms with Crippen molar-refractivity contribution >= 4 is 0 Å². The molecular formula is C23H21F7O4. The van der Waals surface area contributed by atoms with Crippen LogP contribution in [0.4, 0.5) is 30.7 Å². The molecule has 2 atom stereocenters. The van der Waals surface area contributed by atoms with Crippen molar-refractivity contribution in [3.8, 4) is 5.75 Å². The van der Waals surface area contributed by atoms with Crippen molar-refractivity contribution in [2.24, 2.45) is 11.8 Å². The first-order valence-electron chi connectivity index (χ1n) is 10.6. The highest BCUT2D eigenvalue weighted by molar-refractivity contribution is 5.32. The summed E-state index contributed by atoms with van der Waals surface area (Å²) in [7, 11) is 0. The largest absolute Gasteiger partial charge is 0.432 e. The standard InChI is InChI=1S/C23H21F7O4/c1-11-2-3-19(31-8-11)13-9-32-22(33-10-13)12-4-15(24)20(16(25)5-12)23(29,30)34-14-6-17(26)21(28)18(27)7-14/h4-7,11,13,19,22H,2-3,8-10H2,1H3. The van der Waals surface area contributed by atoms with Gasteiger partial charge in [-0.1, -0.05) is 6.92 Å². The van der Waals surface area contributed by atoms with Crippen LogP contribution in [0.15, 0.2) is 24.3 Å². The van der Waals surface area contributed by atoms with Crippen molar-refractivity contribution in [2.75, 3.05) is 19.8 Å². The van der Waals surface area contributed by atoms with E-state index < -0.39 is 52.8 Å². The number of ether oxygens (including phenoxy) is 4. The second kappa shape index (κ2) is 9.71. The third-order valence-electron chi connectivity index (χ3n) is 5.82. The Kier molecular flexibility index (Phi) is 7.07. The van der Waals surface area contributed by atoms with E-state index in [1.165, 1.54) is 0 Å². The summed E-state index contributed by atoms with van der Waals surface area (Å²) in [6.07, 6.45) is -4.09. The maximum atomic E-state index is 14.6. The quantitative estimate of drug-likeness (QED) is 0.378. The van der Waals surface area contributed by atoms with Gasteiger partial charge >= 0.3 is 6.11 Å². The molecule has 0 saturated carbocycles. The highest BCUT2D eigenvalue weighted by Gasteiger charge is 2.42. The van der Waals surface area contributed by atoms with Crippen molar-refractivity contribution in [3.63, 3.8) is 0 Å². The first kappa shape index (κ1) is 24.7. The van der Waals surface area contributed by atoms with Crippen LogP contribution in [-0.4, -0.2) is 25.9 Å². The predicted molar refractivity (Wildman–Crippen MR) is 103 cm³/mol. The average molecular weight is 494 g/mol. The lowest BCUT2D eigenvalue weighted by atomic mass is 9.92. The van der Waals surface area contributed by atoms with E-state index in [0.717, 1.165) is 12.8 Å². The number of benzene rings is 2. The fraction of sp³-hybridized carbons (Fsp3) is 0.478. The van der Waals surface area contributed by atoms with E-state index in [4.69, 9.17) is 14.2 Å². The molecule has 11 heteroatoms. The Labute approximate surface area is 190 Å². The van der Waals surface area contributed by atoms with Gasteiger partial charge in [0.25, 0.3) is 0 Å². The number of rotatable bonds is 5. The molecular weight excluding hydrogens is 473 g/mol. The Balaban J connectivity index is 1.47. The molecule has 0 bridgehead atoms. The van der Waals surface area contributed by atoms with Gasteiger partial charge in [0.05, 0.1) is 19.3 Å². The van der Waals surface area contributed by atoms with Gasteiger partial charge in [-0.3, -0.25) is 0 Å². The van der Waals surface area contributed by atoms with Crippen LogP contribution in [0.1, 0.15) is 37.2 Å². The summed E-state index contributed by atoms with van der Waals surface area (Å²) in [5.74, 6) is -9.68. The molecule has 2 aliphatic rings. The van der Waals surface area contributed by atoms with Crippen molar-refractivity contribution in [1.29, 1.82) is 0 Å². The van der Waals surface area contributed by atoms with Gasteiger partial charge in [0, 0.05) is 30.2 Å². The molecule has 0 N–H and O–H groups in total. The molecule has 0 aliphatic carbocycles. The molecule has 2 fully saturated rings. The smallest absolute Gasteiger partial charge is 0.429 e. The molecule has 2 aromatic carbocycles. The Morgan fingerprint density at radius 2 is 1.38 bits per heavy atom. The first-order chi connectivity index (χ1) is 16.0. The maximum absolute atomic E-state index is 14.6. The van der Waals surface area contributed by atoms with E-state index in [-0.39, 0.29) is 42.9 Å². The Bertz CT molecular complexity index is 986. The summed E-state index contributed by atoms with van der Waals surface area (Å²) >= 11 is 0. The highest BCUT2D eigenvalue weighted by Crippen LogP contribution is 2.38. The monoisotopic (exact) mass is 494 g/mol. The van der Waals surface area contributed by atoms with Crippen LogP contribution in [0.25, 0.3) is 0 Å². The highest BCUT2D eigenvalue weighted by atomic mass is 19.3. The summed E-state index contributed by atoms with van der Waals surface area (Å²) in [6, 6.07) is 1.47. The Morgan fingerprint density at radius 3 is 1.91 bits per heavy atom. The summed E-state index contributed by atoms with van der Waals surface area (Å²) in [5, 5.41) is 0. The summed E-state index contributed by atoms with van der Waals surface area (Å²) in [5.41, 5.74) is -1.97. The normalized spacial score (nSPS) is 25.9. The molecule has 34 heavy (non-hydrogen) atoms. The Hall–Kier alpha value is -2.37. The number of hydrogen-bond donors (Lipinski definition) is 0. The van der Waals surface area contributed by atoms with Crippen molar-refractivity contribution < 1.29 is 49.7 Å². The minimum atomic E-state index is -4.67. The topological polar surface area (TPSA) is 36.9 Å². The molecule has 0 aromatic heterocycles. The van der Waals surface area contributed by atoms with Gasteiger partial charge in [0.2, 0.25) is 0 Å². The molecule has 186 valence electrons. The second-order valence-corrected chi connectivity index (χ2v) is 8.49. The average Bonchev–Trinajstić information content (AvgIpc) is 2.77. The lowest BCUT2D eigenvalue weighted by Gasteiger charge is -2.37. The molecule has 2 aromatic rings. The minimum absolute atomic E-state index is 0.0648. The maximum Gasteiger partial charge on any atom is 0.432 e. The van der Waals surface area contributed by atoms with Crippen LogP contribution in [-0.2, 0) is 20.3 Å². The lowest BCUT2D eigenvalue weighted by molar-refractivity contribution is -0.227. The van der Waals surface area contributed by atoms with Gasteiger partial charge in [0.15, 0.2) is 23.7 Å². The van der Waals surface area contributed by atoms with E-state index in [0.29, 0.717) is 24.7 Å². The van der Waals surface area contributed by atoms with Gasteiger partial charge in [-0.15, -0.1) is 0 Å². The van der Waals surface area contributed by atoms with Gasteiger partial charge in [-0.25, -0.2) is 22.0 Å². The minimum Gasteiger partial charge on any atom is -0.429 e. The molecule has 4 rings (SSSR count). The Morgan fingerprint density at radius 1 is 0.794 bits per heavy atom. The number of hydrogen-bond acceptors (Lipinski definition) is 4. The van der Waals surface area contributed by atoms with E-state index in [1.807, 2.05) is 0 Å². The van der Waals surface area contributed by atoms with Crippen LogP contribution in [0.5, 0.6) is 5.75 Å². The van der Waals surface area contributed by atoms with Gasteiger partial charge in [-0.2, -0.15) is 8.78 Å². The molecule has 4 nitrogen and oxygen atoms in total. The molecule has 0 radical (unpaired) electrons. The molecule has 2 saturated heterocycles. The SMILES string of the molecule is CC1CCC(C2COC(c3cc(F)c(C(F)(F)Oc4cc(F)c(F)c(F)c4)c(F)c3)OC2)OC1. The third kappa shape index (κ3) is 5.16. The van der Waals surface area contributed by atoms with Crippen LogP contribution in [0.3, 0.4) is 0 Å². The zero-order chi connectivity index (χ0) is 24.6. The van der Waals surface area contributed by atoms with Crippen molar-refractivity contribution in [1.82, 2.24) is 0 Å². The molecule has 2 heterocycles. The van der Waals surface area contributed by atoms with Crippen LogP contribution in [0.2, 0.25) is 0 Å². The molecule has 0 amide bonds. The third-order valence-corrected chi connectivity index (χ3v) is 5.82. The number of alkyl halides is 2.